The van der Waals surface area contributed by atoms with E-state index in [2.05, 4.69) is 42.2 Å². The first-order valence-corrected chi connectivity index (χ1v) is 12.9. The summed E-state index contributed by atoms with van der Waals surface area (Å²) in [5.41, 5.74) is 6.32. The molecule has 36 heavy (non-hydrogen) atoms. The second kappa shape index (κ2) is 9.73. The molecule has 0 aliphatic heterocycles. The molecule has 0 atom stereocenters. The van der Waals surface area contributed by atoms with Crippen LogP contribution >= 0.6 is 22.9 Å². The third kappa shape index (κ3) is 4.58. The predicted molar refractivity (Wildman–Crippen MR) is 151 cm³/mol. The molecule has 5 rings (SSSR count). The zero-order valence-corrected chi connectivity index (χ0v) is 21.9. The van der Waals surface area contributed by atoms with Crippen molar-refractivity contribution < 1.29 is 0 Å². The van der Waals surface area contributed by atoms with Crippen LogP contribution in [0.15, 0.2) is 77.3 Å². The van der Waals surface area contributed by atoms with Crippen LogP contribution in [0.2, 0.25) is 5.15 Å². The lowest BCUT2D eigenvalue weighted by Crippen LogP contribution is -2.20. The summed E-state index contributed by atoms with van der Waals surface area (Å²) in [5.74, 6) is 0. The Balaban J connectivity index is 1.50. The first kappa shape index (κ1) is 24.0. The van der Waals surface area contributed by atoms with E-state index in [4.69, 9.17) is 11.6 Å². The molecule has 0 saturated carbocycles. The molecular weight excluding hydrogens is 484 g/mol. The summed E-state index contributed by atoms with van der Waals surface area (Å²) in [5, 5.41) is 16.0. The summed E-state index contributed by atoms with van der Waals surface area (Å²) in [7, 11) is 0. The number of halogens is 1. The van der Waals surface area contributed by atoms with Crippen LogP contribution in [0.4, 0.5) is 5.00 Å². The molecule has 0 unspecified atom stereocenters. The molecule has 0 radical (unpaired) electrons. The first-order chi connectivity index (χ1) is 17.4. The van der Waals surface area contributed by atoms with Crippen LogP contribution in [0.5, 0.6) is 0 Å². The summed E-state index contributed by atoms with van der Waals surface area (Å²) in [4.78, 5) is 5.88. The zero-order valence-electron chi connectivity index (χ0n) is 20.4. The Bertz CT molecular complexity index is 1550. The number of aliphatic imine (C=N–C) groups is 1. The maximum absolute atomic E-state index is 10.0. The normalized spacial score (nSPS) is 14.7. The van der Waals surface area contributed by atoms with Crippen molar-refractivity contribution >= 4 is 46.3 Å². The number of hydrogen-bond donors (Lipinski definition) is 0. The van der Waals surface area contributed by atoms with Crippen molar-refractivity contribution in [3.63, 3.8) is 0 Å². The van der Waals surface area contributed by atoms with Gasteiger partial charge in [0.2, 0.25) is 0 Å². The number of allylic oxidation sites excluding steroid dienone is 2. The van der Waals surface area contributed by atoms with Crippen molar-refractivity contribution in [2.24, 2.45) is 4.99 Å². The highest BCUT2D eigenvalue weighted by Crippen LogP contribution is 2.48. The van der Waals surface area contributed by atoms with Crippen LogP contribution in [0, 0.1) is 18.3 Å². The SMILES string of the molecule is Cc1nn(-c2ccccc2)c(Cl)c1/C=C\C1=Cc2c(sc(/N=C/c3ccccc3)c2C#N)C(C)(C)C1. The summed E-state index contributed by atoms with van der Waals surface area (Å²) < 4.78 is 1.76. The van der Waals surface area contributed by atoms with Crippen LogP contribution in [0.1, 0.15) is 53.1 Å². The molecule has 178 valence electrons. The van der Waals surface area contributed by atoms with Gasteiger partial charge in [0, 0.05) is 27.6 Å². The fourth-order valence-electron chi connectivity index (χ4n) is 4.51. The summed E-state index contributed by atoms with van der Waals surface area (Å²) in [6, 6.07) is 22.2. The molecule has 0 amide bonds. The molecule has 1 aliphatic carbocycles. The van der Waals surface area contributed by atoms with Crippen molar-refractivity contribution in [2.75, 3.05) is 0 Å². The van der Waals surface area contributed by atoms with Gasteiger partial charge in [-0.05, 0) is 48.8 Å². The van der Waals surface area contributed by atoms with Crippen LogP contribution in [0.3, 0.4) is 0 Å². The van der Waals surface area contributed by atoms with Crippen molar-refractivity contribution in [3.05, 3.63) is 110 Å². The lowest BCUT2D eigenvalue weighted by molar-refractivity contribution is 0.531. The number of thiophene rings is 1. The van der Waals surface area contributed by atoms with E-state index in [-0.39, 0.29) is 5.41 Å². The van der Waals surface area contributed by atoms with Gasteiger partial charge in [-0.1, -0.05) is 80.1 Å². The average molecular weight is 509 g/mol. The molecule has 2 aromatic heterocycles. The minimum absolute atomic E-state index is 0.117. The van der Waals surface area contributed by atoms with Crippen LogP contribution in [0.25, 0.3) is 17.8 Å². The minimum atomic E-state index is -0.117. The largest absolute Gasteiger partial charge is 0.244 e. The van der Waals surface area contributed by atoms with E-state index in [1.165, 1.54) is 4.88 Å². The smallest absolute Gasteiger partial charge is 0.140 e. The Morgan fingerprint density at radius 1 is 1.08 bits per heavy atom. The number of hydrogen-bond acceptors (Lipinski definition) is 4. The average Bonchev–Trinajstić information content (AvgIpc) is 3.39. The standard InChI is InChI=1S/C30H25ClN4S/c1-20-24(28(31)35(34-20)23-12-8-5-9-13-23)15-14-22-16-25-26(18-32)29(36-27(25)30(2,3)17-22)33-19-21-10-6-4-7-11-21/h4-16,19H,17H2,1-3H3/b15-14-,33-19+. The van der Waals surface area contributed by atoms with Gasteiger partial charge in [-0.3, -0.25) is 0 Å². The Hall–Kier alpha value is -3.72. The molecule has 0 N–H and O–H groups in total. The second-order valence-electron chi connectivity index (χ2n) is 9.46. The molecule has 4 nitrogen and oxygen atoms in total. The molecule has 1 aliphatic rings. The fourth-order valence-corrected chi connectivity index (χ4v) is 6.02. The maximum atomic E-state index is 10.0. The highest BCUT2D eigenvalue weighted by atomic mass is 35.5. The van der Waals surface area contributed by atoms with Gasteiger partial charge >= 0.3 is 0 Å². The molecule has 0 fully saturated rings. The van der Waals surface area contributed by atoms with E-state index in [9.17, 15) is 5.26 Å². The van der Waals surface area contributed by atoms with E-state index in [1.807, 2.05) is 79.9 Å². The van der Waals surface area contributed by atoms with Gasteiger partial charge in [0.1, 0.15) is 16.2 Å². The number of benzene rings is 2. The predicted octanol–water partition coefficient (Wildman–Crippen LogP) is 8.30. The van der Waals surface area contributed by atoms with Gasteiger partial charge in [0.15, 0.2) is 0 Å². The van der Waals surface area contributed by atoms with E-state index < -0.39 is 0 Å². The van der Waals surface area contributed by atoms with Gasteiger partial charge in [0.05, 0.1) is 16.9 Å². The van der Waals surface area contributed by atoms with Gasteiger partial charge in [-0.15, -0.1) is 11.3 Å². The Morgan fingerprint density at radius 2 is 1.78 bits per heavy atom. The van der Waals surface area contributed by atoms with Crippen LogP contribution in [-0.2, 0) is 5.41 Å². The van der Waals surface area contributed by atoms with Crippen molar-refractivity contribution in [1.29, 1.82) is 5.26 Å². The van der Waals surface area contributed by atoms with E-state index in [0.717, 1.165) is 45.1 Å². The molecule has 2 heterocycles. The zero-order chi connectivity index (χ0) is 25.3. The topological polar surface area (TPSA) is 54.0 Å². The summed E-state index contributed by atoms with van der Waals surface area (Å²) in [6.45, 7) is 6.41. The van der Waals surface area contributed by atoms with Gasteiger partial charge in [-0.25, -0.2) is 9.67 Å². The molecule has 0 saturated heterocycles. The second-order valence-corrected chi connectivity index (χ2v) is 10.8. The minimum Gasteiger partial charge on any atom is -0.244 e. The van der Waals surface area contributed by atoms with Gasteiger partial charge in [-0.2, -0.15) is 10.4 Å². The molecule has 4 aromatic rings. The van der Waals surface area contributed by atoms with Crippen molar-refractivity contribution in [2.45, 2.75) is 32.6 Å². The number of fused-ring (bicyclic) bond motifs is 1. The highest BCUT2D eigenvalue weighted by molar-refractivity contribution is 7.16. The number of rotatable bonds is 5. The van der Waals surface area contributed by atoms with Gasteiger partial charge in [0.25, 0.3) is 0 Å². The Labute approximate surface area is 220 Å². The van der Waals surface area contributed by atoms with Crippen LogP contribution < -0.4 is 0 Å². The number of nitriles is 1. The van der Waals surface area contributed by atoms with Crippen LogP contribution in [-0.4, -0.2) is 16.0 Å². The van der Waals surface area contributed by atoms with Crippen molar-refractivity contribution in [1.82, 2.24) is 9.78 Å². The maximum Gasteiger partial charge on any atom is 0.140 e. The Kier molecular flexibility index (Phi) is 6.49. The number of para-hydroxylation sites is 1. The Morgan fingerprint density at radius 3 is 2.47 bits per heavy atom. The fraction of sp³-hybridized carbons (Fsp3) is 0.167. The number of nitrogens with zero attached hydrogens (tertiary/aromatic N) is 4. The first-order valence-electron chi connectivity index (χ1n) is 11.7. The molecular formula is C30H25ClN4S. The molecule has 0 spiro atoms. The van der Waals surface area contributed by atoms with E-state index in [0.29, 0.717) is 10.7 Å². The number of aryl methyl sites for hydroxylation is 1. The van der Waals surface area contributed by atoms with Gasteiger partial charge < -0.3 is 0 Å². The molecule has 0 bridgehead atoms. The van der Waals surface area contributed by atoms with E-state index in [1.54, 1.807) is 16.0 Å². The molecule has 6 heteroatoms. The van der Waals surface area contributed by atoms with Crippen molar-refractivity contribution in [3.8, 4) is 11.8 Å². The highest BCUT2D eigenvalue weighted by Gasteiger charge is 2.33. The lowest BCUT2D eigenvalue weighted by atomic mass is 9.77. The quantitative estimate of drug-likeness (QED) is 0.254. The molecule has 2 aromatic carbocycles. The summed E-state index contributed by atoms with van der Waals surface area (Å²) in [6.07, 6.45) is 8.93. The summed E-state index contributed by atoms with van der Waals surface area (Å²) >= 11 is 8.34. The lowest BCUT2D eigenvalue weighted by Gasteiger charge is -2.29. The third-order valence-electron chi connectivity index (χ3n) is 6.27. The monoisotopic (exact) mass is 508 g/mol. The third-order valence-corrected chi connectivity index (χ3v) is 8.12. The number of aromatic nitrogens is 2. The van der Waals surface area contributed by atoms with E-state index >= 15 is 0 Å².